The van der Waals surface area contributed by atoms with E-state index in [-0.39, 0.29) is 30.0 Å². The number of anilines is 2. The first-order chi connectivity index (χ1) is 12.9. The van der Waals surface area contributed by atoms with E-state index in [9.17, 15) is 9.59 Å². The van der Waals surface area contributed by atoms with Crippen molar-refractivity contribution in [3.63, 3.8) is 0 Å². The Bertz CT molecular complexity index is 828. The lowest BCUT2D eigenvalue weighted by Gasteiger charge is -2.19. The average molecular weight is 434 g/mol. The van der Waals surface area contributed by atoms with E-state index >= 15 is 0 Å². The molecule has 2 N–H and O–H groups in total. The van der Waals surface area contributed by atoms with Crippen molar-refractivity contribution in [2.24, 2.45) is 0 Å². The van der Waals surface area contributed by atoms with Gasteiger partial charge in [-0.1, -0.05) is 6.07 Å². The summed E-state index contributed by atoms with van der Waals surface area (Å²) in [5.74, 6) is -0.208. The molecule has 0 radical (unpaired) electrons. The molecule has 1 atom stereocenters. The van der Waals surface area contributed by atoms with Crippen LogP contribution in [-0.4, -0.2) is 30.9 Å². The first-order valence-corrected chi connectivity index (χ1v) is 9.93. The topological polar surface area (TPSA) is 74.6 Å². The van der Waals surface area contributed by atoms with E-state index in [2.05, 4.69) is 37.5 Å². The van der Waals surface area contributed by atoms with E-state index in [1.165, 1.54) is 12.8 Å². The molecular formula is C20H24BrN3O3. The third kappa shape index (κ3) is 5.13. The zero-order valence-corrected chi connectivity index (χ0v) is 17.1. The molecule has 6 nitrogen and oxygen atoms in total. The van der Waals surface area contributed by atoms with E-state index in [1.54, 1.807) is 19.9 Å². The molecule has 1 aromatic carbocycles. The summed E-state index contributed by atoms with van der Waals surface area (Å²) >= 11 is 3.21. The maximum Gasteiger partial charge on any atom is 0.287 e. The number of amides is 2. The largest absolute Gasteiger partial charge is 0.444 e. The van der Waals surface area contributed by atoms with Crippen molar-refractivity contribution in [1.29, 1.82) is 0 Å². The van der Waals surface area contributed by atoms with Gasteiger partial charge in [-0.3, -0.25) is 9.59 Å². The summed E-state index contributed by atoms with van der Waals surface area (Å²) in [5.41, 5.74) is 2.65. The molecule has 2 amide bonds. The normalized spacial score (nSPS) is 14.9. The van der Waals surface area contributed by atoms with Gasteiger partial charge >= 0.3 is 0 Å². The maximum absolute atomic E-state index is 12.3. The fourth-order valence-electron chi connectivity index (χ4n) is 3.25. The summed E-state index contributed by atoms with van der Waals surface area (Å²) in [5, 5.41) is 5.72. The zero-order valence-electron chi connectivity index (χ0n) is 15.5. The predicted octanol–water partition coefficient (Wildman–Crippen LogP) is 4.10. The molecule has 27 heavy (non-hydrogen) atoms. The second-order valence-electron chi connectivity index (χ2n) is 6.93. The second kappa shape index (κ2) is 8.61. The number of hydrogen-bond acceptors (Lipinski definition) is 4. The molecule has 0 saturated carbocycles. The highest BCUT2D eigenvalue weighted by molar-refractivity contribution is 9.10. The highest BCUT2D eigenvalue weighted by atomic mass is 79.9. The lowest BCUT2D eigenvalue weighted by molar-refractivity contribution is -0.116. The third-order valence-electron chi connectivity index (χ3n) is 4.56. The predicted molar refractivity (Wildman–Crippen MR) is 109 cm³/mol. The number of nitrogens with one attached hydrogen (secondary N) is 2. The molecule has 3 rings (SSSR count). The van der Waals surface area contributed by atoms with Gasteiger partial charge in [0.1, 0.15) is 0 Å². The van der Waals surface area contributed by atoms with Crippen LogP contribution in [0.5, 0.6) is 0 Å². The molecule has 1 aromatic heterocycles. The van der Waals surface area contributed by atoms with E-state index < -0.39 is 0 Å². The van der Waals surface area contributed by atoms with Gasteiger partial charge in [0.2, 0.25) is 5.91 Å². The fraction of sp³-hybridized carbons (Fsp3) is 0.400. The highest BCUT2D eigenvalue weighted by Crippen LogP contribution is 2.23. The number of halogens is 1. The number of carbonyl (C=O) groups is 2. The average Bonchev–Trinajstić information content (AvgIpc) is 3.24. The SMILES string of the molecule is Cc1cc(Br)oc1C(=O)NC(C)CC(=O)Nc1cccc(N2CCCC2)c1. The van der Waals surface area contributed by atoms with Crippen molar-refractivity contribution >= 4 is 39.1 Å². The van der Waals surface area contributed by atoms with Gasteiger partial charge in [0.25, 0.3) is 5.91 Å². The Balaban J connectivity index is 1.53. The number of carbonyl (C=O) groups excluding carboxylic acids is 2. The van der Waals surface area contributed by atoms with E-state index in [4.69, 9.17) is 4.42 Å². The molecule has 0 spiro atoms. The Kier molecular flexibility index (Phi) is 6.21. The number of rotatable bonds is 6. The Labute approximate surface area is 167 Å². The number of furan rings is 1. The Morgan fingerprint density at radius 1 is 1.26 bits per heavy atom. The summed E-state index contributed by atoms with van der Waals surface area (Å²) in [7, 11) is 0. The van der Waals surface area contributed by atoms with Crippen LogP contribution in [0.4, 0.5) is 11.4 Å². The third-order valence-corrected chi connectivity index (χ3v) is 4.95. The second-order valence-corrected chi connectivity index (χ2v) is 7.72. The molecule has 1 unspecified atom stereocenters. The standard InChI is InChI=1S/C20H24BrN3O3/c1-13-10-17(21)27-19(13)20(26)22-14(2)11-18(25)23-15-6-5-7-16(12-15)24-8-3-4-9-24/h5-7,10,12,14H,3-4,8-9,11H2,1-2H3,(H,22,26)(H,23,25). The Hall–Kier alpha value is -2.28. The van der Waals surface area contributed by atoms with Gasteiger partial charge < -0.3 is 20.0 Å². The summed E-state index contributed by atoms with van der Waals surface area (Å²) in [6.07, 6.45) is 2.60. The van der Waals surface area contributed by atoms with E-state index in [0.29, 0.717) is 4.67 Å². The number of aryl methyl sites for hydroxylation is 1. The zero-order chi connectivity index (χ0) is 19.4. The summed E-state index contributed by atoms with van der Waals surface area (Å²) in [4.78, 5) is 26.9. The molecule has 2 aromatic rings. The number of benzene rings is 1. The first-order valence-electron chi connectivity index (χ1n) is 9.14. The molecule has 0 aliphatic carbocycles. The molecule has 1 saturated heterocycles. The first kappa shape index (κ1) is 19.5. The minimum absolute atomic E-state index is 0.140. The minimum Gasteiger partial charge on any atom is -0.444 e. The molecule has 1 aliphatic rings. The van der Waals surface area contributed by atoms with Crippen LogP contribution in [0.15, 0.2) is 39.4 Å². The maximum atomic E-state index is 12.3. The molecule has 0 bridgehead atoms. The minimum atomic E-state index is -0.325. The van der Waals surface area contributed by atoms with Gasteiger partial charge in [0, 0.05) is 42.5 Å². The molecular weight excluding hydrogens is 410 g/mol. The summed E-state index contributed by atoms with van der Waals surface area (Å²) in [6, 6.07) is 9.31. The quantitative estimate of drug-likeness (QED) is 0.718. The smallest absolute Gasteiger partial charge is 0.287 e. The highest BCUT2D eigenvalue weighted by Gasteiger charge is 2.19. The number of nitrogens with zero attached hydrogens (tertiary/aromatic N) is 1. The van der Waals surface area contributed by atoms with Crippen molar-refractivity contribution in [3.8, 4) is 0 Å². The van der Waals surface area contributed by atoms with Crippen molar-refractivity contribution < 1.29 is 14.0 Å². The number of hydrogen-bond donors (Lipinski definition) is 2. The molecule has 7 heteroatoms. The van der Waals surface area contributed by atoms with Gasteiger partial charge in [0.15, 0.2) is 10.4 Å². The lowest BCUT2D eigenvalue weighted by atomic mass is 10.2. The van der Waals surface area contributed by atoms with Gasteiger partial charge in [-0.15, -0.1) is 0 Å². The van der Waals surface area contributed by atoms with Crippen molar-refractivity contribution in [2.75, 3.05) is 23.3 Å². The van der Waals surface area contributed by atoms with Crippen molar-refractivity contribution in [3.05, 3.63) is 46.3 Å². The van der Waals surface area contributed by atoms with Crippen LogP contribution in [0.2, 0.25) is 0 Å². The summed E-state index contributed by atoms with van der Waals surface area (Å²) < 4.78 is 5.85. The lowest BCUT2D eigenvalue weighted by Crippen LogP contribution is -2.35. The van der Waals surface area contributed by atoms with Gasteiger partial charge in [-0.05, 0) is 66.9 Å². The molecule has 1 fully saturated rings. The van der Waals surface area contributed by atoms with Crippen LogP contribution in [0.1, 0.15) is 42.3 Å². The Morgan fingerprint density at radius 3 is 2.67 bits per heavy atom. The Morgan fingerprint density at radius 2 is 2.00 bits per heavy atom. The molecule has 144 valence electrons. The molecule has 1 aliphatic heterocycles. The van der Waals surface area contributed by atoms with Gasteiger partial charge in [-0.25, -0.2) is 0 Å². The van der Waals surface area contributed by atoms with Crippen LogP contribution in [0, 0.1) is 6.92 Å². The van der Waals surface area contributed by atoms with Crippen LogP contribution < -0.4 is 15.5 Å². The van der Waals surface area contributed by atoms with Gasteiger partial charge in [-0.2, -0.15) is 0 Å². The summed E-state index contributed by atoms with van der Waals surface area (Å²) in [6.45, 7) is 5.71. The van der Waals surface area contributed by atoms with Crippen LogP contribution in [0.25, 0.3) is 0 Å². The fourth-order valence-corrected chi connectivity index (χ4v) is 3.76. The van der Waals surface area contributed by atoms with Crippen molar-refractivity contribution in [2.45, 2.75) is 39.2 Å². The van der Waals surface area contributed by atoms with Gasteiger partial charge in [0.05, 0.1) is 0 Å². The van der Waals surface area contributed by atoms with Crippen LogP contribution >= 0.6 is 15.9 Å². The van der Waals surface area contributed by atoms with E-state index in [0.717, 1.165) is 30.0 Å². The van der Waals surface area contributed by atoms with Crippen molar-refractivity contribution in [1.82, 2.24) is 5.32 Å². The van der Waals surface area contributed by atoms with Crippen LogP contribution in [-0.2, 0) is 4.79 Å². The monoisotopic (exact) mass is 433 g/mol. The van der Waals surface area contributed by atoms with Crippen LogP contribution in [0.3, 0.4) is 0 Å². The molecule has 2 heterocycles. The van der Waals surface area contributed by atoms with E-state index in [1.807, 2.05) is 18.2 Å².